The molecule has 28 heavy (non-hydrogen) atoms. The summed E-state index contributed by atoms with van der Waals surface area (Å²) in [5, 5.41) is 2.54. The van der Waals surface area contributed by atoms with Gasteiger partial charge in [0.2, 0.25) is 0 Å². The molecule has 0 saturated carbocycles. The molecule has 0 aliphatic carbocycles. The highest BCUT2D eigenvalue weighted by molar-refractivity contribution is 5.95. The molecule has 1 aromatic carbocycles. The number of nitrogens with zero attached hydrogens (tertiary/aromatic N) is 2. The Hall–Kier alpha value is -3.03. The van der Waals surface area contributed by atoms with E-state index >= 15 is 0 Å². The molecule has 0 radical (unpaired) electrons. The Morgan fingerprint density at radius 1 is 1.07 bits per heavy atom. The van der Waals surface area contributed by atoms with Crippen LogP contribution in [0.3, 0.4) is 0 Å². The van der Waals surface area contributed by atoms with E-state index in [0.29, 0.717) is 17.5 Å². The fourth-order valence-corrected chi connectivity index (χ4v) is 2.64. The lowest BCUT2D eigenvalue weighted by molar-refractivity contribution is -0.145. The van der Waals surface area contributed by atoms with Gasteiger partial charge in [-0.2, -0.15) is 0 Å². The van der Waals surface area contributed by atoms with E-state index in [4.69, 9.17) is 9.47 Å². The monoisotopic (exact) mass is 387 g/mol. The molecule has 0 fully saturated rings. The lowest BCUT2D eigenvalue weighted by atomic mass is 10.0. The van der Waals surface area contributed by atoms with Gasteiger partial charge in [-0.15, -0.1) is 0 Å². The zero-order valence-corrected chi connectivity index (χ0v) is 16.7. The van der Waals surface area contributed by atoms with E-state index in [1.165, 1.54) is 7.11 Å². The molecule has 0 bridgehead atoms. The van der Waals surface area contributed by atoms with E-state index in [2.05, 4.69) is 15.3 Å². The molecule has 1 aromatic heterocycles. The van der Waals surface area contributed by atoms with Crippen molar-refractivity contribution in [3.8, 4) is 0 Å². The van der Waals surface area contributed by atoms with Crippen LogP contribution in [0.25, 0.3) is 11.0 Å². The highest BCUT2D eigenvalue weighted by Gasteiger charge is 2.23. The van der Waals surface area contributed by atoms with E-state index in [-0.39, 0.29) is 11.5 Å². The summed E-state index contributed by atoms with van der Waals surface area (Å²) in [6, 6.07) is 4.05. The first kappa shape index (κ1) is 21.3. The highest BCUT2D eigenvalue weighted by Crippen LogP contribution is 2.15. The first-order chi connectivity index (χ1) is 13.2. The van der Waals surface area contributed by atoms with Crippen LogP contribution in [0.5, 0.6) is 0 Å². The number of esters is 2. The number of aryl methyl sites for hydroxylation is 2. The van der Waals surface area contributed by atoms with Crippen LogP contribution >= 0.6 is 0 Å². The quantitative estimate of drug-likeness (QED) is 0.725. The second kappa shape index (κ2) is 9.25. The van der Waals surface area contributed by atoms with Gasteiger partial charge in [-0.05, 0) is 44.4 Å². The van der Waals surface area contributed by atoms with Gasteiger partial charge in [-0.3, -0.25) is 4.79 Å². The average Bonchev–Trinajstić information content (AvgIpc) is 2.65. The number of fused-ring (bicyclic) bond motifs is 1. The number of benzene rings is 1. The second-order valence-electron chi connectivity index (χ2n) is 6.95. The predicted molar refractivity (Wildman–Crippen MR) is 103 cm³/mol. The second-order valence-corrected chi connectivity index (χ2v) is 6.95. The first-order valence-corrected chi connectivity index (χ1v) is 9.00. The summed E-state index contributed by atoms with van der Waals surface area (Å²) in [4.78, 5) is 44.9. The third-order valence-corrected chi connectivity index (χ3v) is 4.17. The number of nitrogens with one attached hydrogen (secondary N) is 1. The van der Waals surface area contributed by atoms with Crippen molar-refractivity contribution in [2.75, 3.05) is 13.7 Å². The number of methoxy groups -OCH3 is 1. The Morgan fingerprint density at radius 2 is 1.71 bits per heavy atom. The van der Waals surface area contributed by atoms with Crippen LogP contribution in [0.15, 0.2) is 18.2 Å². The molecule has 0 unspecified atom stereocenters. The summed E-state index contributed by atoms with van der Waals surface area (Å²) < 4.78 is 9.75. The van der Waals surface area contributed by atoms with Crippen molar-refractivity contribution in [2.24, 2.45) is 5.92 Å². The van der Waals surface area contributed by atoms with E-state index < -0.39 is 30.5 Å². The van der Waals surface area contributed by atoms with E-state index in [1.54, 1.807) is 18.2 Å². The van der Waals surface area contributed by atoms with Crippen LogP contribution in [0, 0.1) is 19.8 Å². The highest BCUT2D eigenvalue weighted by atomic mass is 16.5. The number of carbonyl (C=O) groups is 3. The maximum absolute atomic E-state index is 12.3. The molecule has 0 saturated heterocycles. The SMILES string of the molecule is COC(=O)[C@@H](CC(C)C)NC(=O)COC(=O)c1ccc2nc(C)c(C)nc2c1. The number of ether oxygens (including phenoxy) is 2. The average molecular weight is 387 g/mol. The maximum atomic E-state index is 12.3. The van der Waals surface area contributed by atoms with Crippen LogP contribution in [-0.2, 0) is 19.1 Å². The van der Waals surface area contributed by atoms with Crippen molar-refractivity contribution in [3.63, 3.8) is 0 Å². The Balaban J connectivity index is 2.00. The molecule has 0 aliphatic rings. The predicted octanol–water partition coefficient (Wildman–Crippen LogP) is 2.11. The Labute approximate surface area is 163 Å². The molecule has 1 N–H and O–H groups in total. The minimum absolute atomic E-state index is 0.178. The molecule has 1 heterocycles. The molecule has 1 atom stereocenters. The van der Waals surface area contributed by atoms with Gasteiger partial charge < -0.3 is 14.8 Å². The van der Waals surface area contributed by atoms with Gasteiger partial charge in [0.05, 0.1) is 35.1 Å². The van der Waals surface area contributed by atoms with Crippen molar-refractivity contribution in [2.45, 2.75) is 40.2 Å². The van der Waals surface area contributed by atoms with Crippen molar-refractivity contribution >= 4 is 28.9 Å². The van der Waals surface area contributed by atoms with Crippen LogP contribution in [0.1, 0.15) is 42.0 Å². The Morgan fingerprint density at radius 3 is 2.32 bits per heavy atom. The largest absolute Gasteiger partial charge is 0.467 e. The zero-order chi connectivity index (χ0) is 20.8. The number of carbonyl (C=O) groups excluding carboxylic acids is 3. The third-order valence-electron chi connectivity index (χ3n) is 4.17. The smallest absolute Gasteiger partial charge is 0.338 e. The zero-order valence-electron chi connectivity index (χ0n) is 16.7. The molecule has 2 aromatic rings. The minimum Gasteiger partial charge on any atom is -0.467 e. The van der Waals surface area contributed by atoms with Crippen LogP contribution in [-0.4, -0.2) is 47.6 Å². The van der Waals surface area contributed by atoms with Gasteiger partial charge in [0.15, 0.2) is 6.61 Å². The standard InChI is InChI=1S/C20H25N3O5/c1-11(2)8-17(20(26)27-5)23-18(24)10-28-19(25)14-6-7-15-16(9-14)22-13(4)12(3)21-15/h6-7,9,11,17H,8,10H2,1-5H3,(H,23,24)/t17-/m1/s1. The van der Waals surface area contributed by atoms with Gasteiger partial charge in [0.25, 0.3) is 5.91 Å². The van der Waals surface area contributed by atoms with E-state index in [9.17, 15) is 14.4 Å². The number of hydrogen-bond donors (Lipinski definition) is 1. The number of aromatic nitrogens is 2. The van der Waals surface area contributed by atoms with Gasteiger partial charge in [0, 0.05) is 0 Å². The van der Waals surface area contributed by atoms with Crippen molar-refractivity contribution in [1.82, 2.24) is 15.3 Å². The number of rotatable bonds is 7. The van der Waals surface area contributed by atoms with Crippen molar-refractivity contribution in [3.05, 3.63) is 35.2 Å². The molecular weight excluding hydrogens is 362 g/mol. The molecule has 8 heteroatoms. The first-order valence-electron chi connectivity index (χ1n) is 9.00. The van der Waals surface area contributed by atoms with Gasteiger partial charge in [0.1, 0.15) is 6.04 Å². The normalized spacial score (nSPS) is 11.9. The fourth-order valence-electron chi connectivity index (χ4n) is 2.64. The van der Waals surface area contributed by atoms with Gasteiger partial charge in [-0.1, -0.05) is 13.8 Å². The van der Waals surface area contributed by atoms with Crippen LogP contribution < -0.4 is 5.32 Å². The Bertz CT molecular complexity index is 895. The fraction of sp³-hybridized carbons (Fsp3) is 0.450. The number of amides is 1. The summed E-state index contributed by atoms with van der Waals surface area (Å²) in [6.07, 6.45) is 0.425. The van der Waals surface area contributed by atoms with Gasteiger partial charge in [-0.25, -0.2) is 19.6 Å². The molecule has 150 valence electrons. The summed E-state index contributed by atoms with van der Waals surface area (Å²) in [6.45, 7) is 7.05. The maximum Gasteiger partial charge on any atom is 0.338 e. The third kappa shape index (κ3) is 5.48. The Kier molecular flexibility index (Phi) is 7.03. The summed E-state index contributed by atoms with van der Waals surface area (Å²) in [7, 11) is 1.26. The molecular formula is C20H25N3O5. The van der Waals surface area contributed by atoms with Crippen molar-refractivity contribution < 1.29 is 23.9 Å². The molecule has 2 rings (SSSR count). The minimum atomic E-state index is -0.779. The van der Waals surface area contributed by atoms with E-state index in [1.807, 2.05) is 27.7 Å². The lowest BCUT2D eigenvalue weighted by Crippen LogP contribution is -2.44. The van der Waals surface area contributed by atoms with Gasteiger partial charge >= 0.3 is 11.9 Å². The molecule has 8 nitrogen and oxygen atoms in total. The van der Waals surface area contributed by atoms with Crippen LogP contribution in [0.2, 0.25) is 0 Å². The molecule has 0 aliphatic heterocycles. The number of hydrogen-bond acceptors (Lipinski definition) is 7. The summed E-state index contributed by atoms with van der Waals surface area (Å²) in [5.41, 5.74) is 3.11. The lowest BCUT2D eigenvalue weighted by Gasteiger charge is -2.18. The van der Waals surface area contributed by atoms with Crippen molar-refractivity contribution in [1.29, 1.82) is 0 Å². The summed E-state index contributed by atoms with van der Waals surface area (Å²) >= 11 is 0. The van der Waals surface area contributed by atoms with E-state index in [0.717, 1.165) is 11.4 Å². The topological polar surface area (TPSA) is 107 Å². The molecule has 0 spiro atoms. The molecule has 1 amide bonds. The summed E-state index contributed by atoms with van der Waals surface area (Å²) in [5.74, 6) is -1.59. The van der Waals surface area contributed by atoms with Crippen LogP contribution in [0.4, 0.5) is 0 Å².